The molecule has 0 saturated carbocycles. The minimum absolute atomic E-state index is 0.0834. The van der Waals surface area contributed by atoms with Gasteiger partial charge in [0.2, 0.25) is 0 Å². The van der Waals surface area contributed by atoms with E-state index in [0.717, 1.165) is 22.4 Å². The van der Waals surface area contributed by atoms with E-state index >= 15 is 0 Å². The van der Waals surface area contributed by atoms with Gasteiger partial charge in [0.1, 0.15) is 5.82 Å². The highest BCUT2D eigenvalue weighted by molar-refractivity contribution is 7.14. The minimum atomic E-state index is -0.263. The van der Waals surface area contributed by atoms with E-state index in [4.69, 9.17) is 5.73 Å². The molecule has 106 valence electrons. The van der Waals surface area contributed by atoms with E-state index in [-0.39, 0.29) is 11.7 Å². The maximum atomic E-state index is 12.9. The molecule has 3 N–H and O–H groups in total. The van der Waals surface area contributed by atoms with E-state index in [0.29, 0.717) is 18.0 Å². The molecule has 0 fully saturated rings. The third-order valence-corrected chi connectivity index (χ3v) is 4.01. The van der Waals surface area contributed by atoms with E-state index in [1.54, 1.807) is 12.1 Å². The lowest BCUT2D eigenvalue weighted by atomic mass is 10.1. The molecule has 0 atom stereocenters. The van der Waals surface area contributed by atoms with Gasteiger partial charge in [0.25, 0.3) is 5.91 Å². The van der Waals surface area contributed by atoms with E-state index in [2.05, 4.69) is 5.32 Å². The molecule has 0 aliphatic heterocycles. The molecule has 1 aromatic carbocycles. The Bertz CT molecular complexity index is 592. The smallest absolute Gasteiger partial charge is 0.261 e. The van der Waals surface area contributed by atoms with Gasteiger partial charge in [-0.3, -0.25) is 4.79 Å². The molecular formula is C15H17FN2OS. The molecule has 2 aromatic rings. The van der Waals surface area contributed by atoms with Crippen molar-refractivity contribution >= 4 is 17.2 Å². The van der Waals surface area contributed by atoms with Crippen molar-refractivity contribution in [2.45, 2.75) is 13.3 Å². The molecule has 0 spiro atoms. The number of nitrogens with one attached hydrogen (secondary N) is 1. The Morgan fingerprint density at radius 3 is 2.70 bits per heavy atom. The maximum Gasteiger partial charge on any atom is 0.261 e. The van der Waals surface area contributed by atoms with Gasteiger partial charge in [0.05, 0.1) is 4.88 Å². The van der Waals surface area contributed by atoms with Crippen LogP contribution in [0.5, 0.6) is 0 Å². The molecule has 1 aromatic heterocycles. The first-order chi connectivity index (χ1) is 9.61. The van der Waals surface area contributed by atoms with E-state index < -0.39 is 0 Å². The second-order valence-electron chi connectivity index (χ2n) is 4.49. The Kier molecular flexibility index (Phi) is 4.87. The summed E-state index contributed by atoms with van der Waals surface area (Å²) in [5.41, 5.74) is 7.28. The fourth-order valence-electron chi connectivity index (χ4n) is 1.90. The number of amides is 1. The molecule has 0 radical (unpaired) electrons. The molecular weight excluding hydrogens is 275 g/mol. The Labute approximate surface area is 121 Å². The summed E-state index contributed by atoms with van der Waals surface area (Å²) in [6, 6.07) is 8.15. The van der Waals surface area contributed by atoms with Gasteiger partial charge in [-0.25, -0.2) is 4.39 Å². The van der Waals surface area contributed by atoms with Crippen LogP contribution in [0.3, 0.4) is 0 Å². The van der Waals surface area contributed by atoms with Gasteiger partial charge < -0.3 is 11.1 Å². The molecule has 0 aliphatic carbocycles. The summed E-state index contributed by atoms with van der Waals surface area (Å²) >= 11 is 1.44. The number of halogens is 1. The number of carbonyl (C=O) groups excluding carboxylic acids is 1. The van der Waals surface area contributed by atoms with Crippen molar-refractivity contribution < 1.29 is 9.18 Å². The predicted octanol–water partition coefficient (Wildman–Crippen LogP) is 2.94. The third-order valence-electron chi connectivity index (χ3n) is 2.96. The quantitative estimate of drug-likeness (QED) is 0.833. The standard InChI is InChI=1S/C15H17FN2OS/c1-10-13(11-3-5-12(16)6-4-11)9-14(20-10)15(19)18-8-2-7-17/h3-6,9H,2,7-8,17H2,1H3,(H,18,19). The number of hydrogen-bond acceptors (Lipinski definition) is 3. The summed E-state index contributed by atoms with van der Waals surface area (Å²) in [5, 5.41) is 2.83. The van der Waals surface area contributed by atoms with E-state index in [1.165, 1.54) is 23.5 Å². The summed E-state index contributed by atoms with van der Waals surface area (Å²) in [7, 11) is 0. The Hall–Kier alpha value is -1.72. The van der Waals surface area contributed by atoms with Crippen LogP contribution in [0, 0.1) is 12.7 Å². The van der Waals surface area contributed by atoms with Crippen molar-refractivity contribution in [1.29, 1.82) is 0 Å². The second-order valence-corrected chi connectivity index (χ2v) is 5.74. The van der Waals surface area contributed by atoms with Crippen molar-refractivity contribution in [3.05, 3.63) is 45.9 Å². The van der Waals surface area contributed by atoms with Gasteiger partial charge in [0, 0.05) is 11.4 Å². The highest BCUT2D eigenvalue weighted by Crippen LogP contribution is 2.31. The topological polar surface area (TPSA) is 55.1 Å². The van der Waals surface area contributed by atoms with Crippen LogP contribution in [0.1, 0.15) is 21.0 Å². The molecule has 5 heteroatoms. The molecule has 2 rings (SSSR count). The molecule has 1 amide bonds. The van der Waals surface area contributed by atoms with Crippen molar-refractivity contribution in [2.24, 2.45) is 5.73 Å². The van der Waals surface area contributed by atoms with Crippen LogP contribution in [0.15, 0.2) is 30.3 Å². The number of aryl methyl sites for hydroxylation is 1. The van der Waals surface area contributed by atoms with Crippen LogP contribution in [0.2, 0.25) is 0 Å². The summed E-state index contributed by atoms with van der Waals surface area (Å²) in [6.45, 7) is 3.10. The fourth-order valence-corrected chi connectivity index (χ4v) is 2.86. The number of rotatable bonds is 5. The number of benzene rings is 1. The van der Waals surface area contributed by atoms with E-state index in [9.17, 15) is 9.18 Å². The number of nitrogens with two attached hydrogens (primary N) is 1. The molecule has 1 heterocycles. The lowest BCUT2D eigenvalue weighted by Crippen LogP contribution is -2.25. The second kappa shape index (κ2) is 6.63. The van der Waals surface area contributed by atoms with Gasteiger partial charge >= 0.3 is 0 Å². The van der Waals surface area contributed by atoms with Crippen LogP contribution in [0.4, 0.5) is 4.39 Å². The van der Waals surface area contributed by atoms with Crippen molar-refractivity contribution in [2.75, 3.05) is 13.1 Å². The highest BCUT2D eigenvalue weighted by atomic mass is 32.1. The zero-order valence-electron chi connectivity index (χ0n) is 11.3. The van der Waals surface area contributed by atoms with Crippen LogP contribution in [-0.2, 0) is 0 Å². The van der Waals surface area contributed by atoms with Gasteiger partial charge in [-0.2, -0.15) is 0 Å². The van der Waals surface area contributed by atoms with Crippen LogP contribution in [0.25, 0.3) is 11.1 Å². The molecule has 0 aliphatic rings. The predicted molar refractivity (Wildman–Crippen MR) is 80.5 cm³/mol. The summed E-state index contributed by atoms with van der Waals surface area (Å²) < 4.78 is 12.9. The number of thiophene rings is 1. The number of hydrogen-bond donors (Lipinski definition) is 2. The monoisotopic (exact) mass is 292 g/mol. The lowest BCUT2D eigenvalue weighted by Gasteiger charge is -2.01. The first-order valence-electron chi connectivity index (χ1n) is 6.46. The summed E-state index contributed by atoms with van der Waals surface area (Å²) in [4.78, 5) is 13.7. The Morgan fingerprint density at radius 1 is 1.35 bits per heavy atom. The van der Waals surface area contributed by atoms with Crippen LogP contribution in [-0.4, -0.2) is 19.0 Å². The Balaban J connectivity index is 2.17. The van der Waals surface area contributed by atoms with Crippen molar-refractivity contribution in [3.8, 4) is 11.1 Å². The zero-order chi connectivity index (χ0) is 14.5. The molecule has 3 nitrogen and oxygen atoms in total. The fraction of sp³-hybridized carbons (Fsp3) is 0.267. The lowest BCUT2D eigenvalue weighted by molar-refractivity contribution is 0.0957. The van der Waals surface area contributed by atoms with Crippen LogP contribution < -0.4 is 11.1 Å². The maximum absolute atomic E-state index is 12.9. The molecule has 20 heavy (non-hydrogen) atoms. The Morgan fingerprint density at radius 2 is 2.05 bits per heavy atom. The highest BCUT2D eigenvalue weighted by Gasteiger charge is 2.13. The molecule has 0 bridgehead atoms. The summed E-state index contributed by atoms with van der Waals surface area (Å²) in [5.74, 6) is -0.346. The zero-order valence-corrected chi connectivity index (χ0v) is 12.1. The molecule has 0 unspecified atom stereocenters. The third kappa shape index (κ3) is 3.43. The van der Waals surface area contributed by atoms with Gasteiger partial charge in [0.15, 0.2) is 0 Å². The van der Waals surface area contributed by atoms with Crippen molar-refractivity contribution in [3.63, 3.8) is 0 Å². The van der Waals surface area contributed by atoms with Crippen molar-refractivity contribution in [1.82, 2.24) is 5.32 Å². The van der Waals surface area contributed by atoms with Crippen LogP contribution >= 0.6 is 11.3 Å². The summed E-state index contributed by atoms with van der Waals surface area (Å²) in [6.07, 6.45) is 0.765. The minimum Gasteiger partial charge on any atom is -0.351 e. The van der Waals surface area contributed by atoms with Gasteiger partial charge in [-0.1, -0.05) is 12.1 Å². The molecule has 0 saturated heterocycles. The average molecular weight is 292 g/mol. The SMILES string of the molecule is Cc1sc(C(=O)NCCCN)cc1-c1ccc(F)cc1. The van der Waals surface area contributed by atoms with Gasteiger partial charge in [-0.15, -0.1) is 11.3 Å². The largest absolute Gasteiger partial charge is 0.351 e. The average Bonchev–Trinajstić information content (AvgIpc) is 2.82. The first kappa shape index (κ1) is 14.7. The van der Waals surface area contributed by atoms with Gasteiger partial charge in [-0.05, 0) is 49.2 Å². The first-order valence-corrected chi connectivity index (χ1v) is 7.28. The number of carbonyl (C=O) groups is 1. The normalized spacial score (nSPS) is 10.6. The van der Waals surface area contributed by atoms with E-state index in [1.807, 2.05) is 13.0 Å².